The Morgan fingerprint density at radius 2 is 1.53 bits per heavy atom. The van der Waals surface area contributed by atoms with Crippen molar-refractivity contribution in [1.82, 2.24) is 5.32 Å². The lowest BCUT2D eigenvalue weighted by molar-refractivity contribution is 0.0194. The number of rotatable bonds is 4. The van der Waals surface area contributed by atoms with E-state index in [-0.39, 0.29) is 12.1 Å². The molecule has 15 heavy (non-hydrogen) atoms. The topological polar surface area (TPSA) is 52.5 Å². The number of nitrogens with one attached hydrogen (secondary N) is 1. The highest BCUT2D eigenvalue weighted by atomic mass is 16.3. The quantitative estimate of drug-likeness (QED) is 0.615. The molecular weight excluding hydrogens is 190 g/mol. The third kappa shape index (κ3) is 2.92. The maximum absolute atomic E-state index is 10.4. The summed E-state index contributed by atoms with van der Waals surface area (Å²) in [7, 11) is 0. The molecule has 2 rings (SSSR count). The van der Waals surface area contributed by atoms with Crippen molar-refractivity contribution < 1.29 is 10.2 Å². The number of β-amino-alcohol motifs (C(OH)–C–C–N with tert-alkyl or cyclic N) is 1. The van der Waals surface area contributed by atoms with Crippen molar-refractivity contribution in [3.8, 4) is 0 Å². The summed E-state index contributed by atoms with van der Waals surface area (Å²) in [6.45, 7) is 0.872. The molecular formula is C12H23NO2. The Balaban J connectivity index is 1.80. The monoisotopic (exact) mass is 213 g/mol. The van der Waals surface area contributed by atoms with E-state index in [0.29, 0.717) is 6.54 Å². The molecule has 3 heteroatoms. The van der Waals surface area contributed by atoms with Gasteiger partial charge in [0, 0.05) is 12.1 Å². The second-order valence-electron chi connectivity index (χ2n) is 5.43. The molecule has 0 atom stereocenters. The van der Waals surface area contributed by atoms with Crippen LogP contribution >= 0.6 is 0 Å². The molecule has 0 saturated heterocycles. The standard InChI is InChI=1S/C12H23NO2/c14-10-11(7-8-11)13-9-12(15)5-3-1-2-4-6-12/h13-15H,1-10H2. The predicted octanol–water partition coefficient (Wildman–Crippen LogP) is 1.19. The smallest absolute Gasteiger partial charge is 0.0771 e. The first-order valence-electron chi connectivity index (χ1n) is 6.26. The summed E-state index contributed by atoms with van der Waals surface area (Å²) in [5, 5.41) is 22.9. The van der Waals surface area contributed by atoms with Crippen LogP contribution in [-0.4, -0.2) is 34.5 Å². The van der Waals surface area contributed by atoms with E-state index in [0.717, 1.165) is 38.5 Å². The van der Waals surface area contributed by atoms with Crippen molar-refractivity contribution in [2.24, 2.45) is 0 Å². The molecule has 0 unspecified atom stereocenters. The van der Waals surface area contributed by atoms with Crippen molar-refractivity contribution in [2.45, 2.75) is 62.5 Å². The summed E-state index contributed by atoms with van der Waals surface area (Å²) < 4.78 is 0. The summed E-state index contributed by atoms with van der Waals surface area (Å²) in [4.78, 5) is 0. The summed E-state index contributed by atoms with van der Waals surface area (Å²) in [6.07, 6.45) is 8.75. The Labute approximate surface area is 91.9 Å². The summed E-state index contributed by atoms with van der Waals surface area (Å²) in [5.74, 6) is 0. The Bertz CT molecular complexity index is 206. The maximum atomic E-state index is 10.4. The second-order valence-corrected chi connectivity index (χ2v) is 5.43. The molecule has 0 aromatic heterocycles. The predicted molar refractivity (Wildman–Crippen MR) is 59.7 cm³/mol. The SMILES string of the molecule is OCC1(NCC2(O)CCCCCC2)CC1. The van der Waals surface area contributed by atoms with Gasteiger partial charge in [-0.05, 0) is 25.7 Å². The molecule has 0 aromatic carbocycles. The zero-order valence-corrected chi connectivity index (χ0v) is 9.47. The Kier molecular flexibility index (Phi) is 3.33. The van der Waals surface area contributed by atoms with Crippen LogP contribution in [0.1, 0.15) is 51.4 Å². The van der Waals surface area contributed by atoms with Gasteiger partial charge in [-0.3, -0.25) is 0 Å². The van der Waals surface area contributed by atoms with Gasteiger partial charge in [-0.15, -0.1) is 0 Å². The first kappa shape index (κ1) is 11.4. The van der Waals surface area contributed by atoms with E-state index in [1.807, 2.05) is 0 Å². The molecule has 2 aliphatic carbocycles. The van der Waals surface area contributed by atoms with Crippen LogP contribution < -0.4 is 5.32 Å². The highest BCUT2D eigenvalue weighted by Crippen LogP contribution is 2.36. The van der Waals surface area contributed by atoms with Gasteiger partial charge in [0.1, 0.15) is 0 Å². The van der Waals surface area contributed by atoms with Crippen molar-refractivity contribution in [3.63, 3.8) is 0 Å². The molecule has 2 aliphatic rings. The van der Waals surface area contributed by atoms with E-state index < -0.39 is 5.60 Å². The summed E-state index contributed by atoms with van der Waals surface area (Å²) in [5.41, 5.74) is -0.552. The Hall–Kier alpha value is -0.120. The fraction of sp³-hybridized carbons (Fsp3) is 1.00. The van der Waals surface area contributed by atoms with E-state index in [1.165, 1.54) is 12.8 Å². The van der Waals surface area contributed by atoms with E-state index >= 15 is 0 Å². The van der Waals surface area contributed by atoms with Crippen LogP contribution in [0.25, 0.3) is 0 Å². The van der Waals surface area contributed by atoms with Crippen molar-refractivity contribution in [3.05, 3.63) is 0 Å². The van der Waals surface area contributed by atoms with E-state index in [9.17, 15) is 10.2 Å². The lowest BCUT2D eigenvalue weighted by Gasteiger charge is -2.29. The molecule has 2 fully saturated rings. The van der Waals surface area contributed by atoms with Crippen molar-refractivity contribution >= 4 is 0 Å². The lowest BCUT2D eigenvalue weighted by Crippen LogP contribution is -2.46. The molecule has 3 N–H and O–H groups in total. The van der Waals surface area contributed by atoms with Crippen molar-refractivity contribution in [2.75, 3.05) is 13.2 Å². The van der Waals surface area contributed by atoms with Crippen LogP contribution in [0.5, 0.6) is 0 Å². The fourth-order valence-corrected chi connectivity index (χ4v) is 2.46. The second kappa shape index (κ2) is 4.40. The van der Waals surface area contributed by atoms with Gasteiger partial charge in [-0.25, -0.2) is 0 Å². The van der Waals surface area contributed by atoms with Crippen LogP contribution in [0.15, 0.2) is 0 Å². The normalized spacial score (nSPS) is 28.4. The first-order valence-corrected chi connectivity index (χ1v) is 6.26. The van der Waals surface area contributed by atoms with Crippen LogP contribution in [0.2, 0.25) is 0 Å². The summed E-state index contributed by atoms with van der Waals surface area (Å²) >= 11 is 0. The molecule has 2 saturated carbocycles. The van der Waals surface area contributed by atoms with Crippen molar-refractivity contribution in [1.29, 1.82) is 0 Å². The third-order valence-electron chi connectivity index (χ3n) is 3.98. The molecule has 0 aliphatic heterocycles. The van der Waals surface area contributed by atoms with Crippen LogP contribution in [0, 0.1) is 0 Å². The largest absolute Gasteiger partial charge is 0.394 e. The molecule has 0 spiro atoms. The fourth-order valence-electron chi connectivity index (χ4n) is 2.46. The number of hydrogen-bond donors (Lipinski definition) is 3. The Morgan fingerprint density at radius 1 is 0.933 bits per heavy atom. The van der Waals surface area contributed by atoms with Crippen LogP contribution in [-0.2, 0) is 0 Å². The van der Waals surface area contributed by atoms with E-state index in [4.69, 9.17) is 0 Å². The molecule has 0 aromatic rings. The van der Waals surface area contributed by atoms with Gasteiger partial charge in [-0.1, -0.05) is 25.7 Å². The van der Waals surface area contributed by atoms with Crippen LogP contribution in [0.3, 0.4) is 0 Å². The van der Waals surface area contributed by atoms with E-state index in [2.05, 4.69) is 5.32 Å². The molecule has 0 radical (unpaired) electrons. The highest BCUT2D eigenvalue weighted by molar-refractivity contribution is 5.03. The molecule has 0 bridgehead atoms. The molecule has 3 nitrogen and oxygen atoms in total. The zero-order chi connectivity index (χ0) is 10.8. The average Bonchev–Trinajstić information content (AvgIpc) is 3.02. The average molecular weight is 213 g/mol. The van der Waals surface area contributed by atoms with Gasteiger partial charge >= 0.3 is 0 Å². The van der Waals surface area contributed by atoms with Gasteiger partial charge in [0.05, 0.1) is 12.2 Å². The number of aliphatic hydroxyl groups is 2. The van der Waals surface area contributed by atoms with Gasteiger partial charge in [0.15, 0.2) is 0 Å². The van der Waals surface area contributed by atoms with E-state index in [1.54, 1.807) is 0 Å². The minimum absolute atomic E-state index is 0.0396. The number of aliphatic hydroxyl groups excluding tert-OH is 1. The molecule has 0 amide bonds. The maximum Gasteiger partial charge on any atom is 0.0771 e. The highest BCUT2D eigenvalue weighted by Gasteiger charge is 2.43. The van der Waals surface area contributed by atoms with Gasteiger partial charge in [0.25, 0.3) is 0 Å². The van der Waals surface area contributed by atoms with Gasteiger partial charge in [0.2, 0.25) is 0 Å². The molecule has 88 valence electrons. The minimum atomic E-state index is -0.513. The third-order valence-corrected chi connectivity index (χ3v) is 3.98. The number of hydrogen-bond acceptors (Lipinski definition) is 3. The lowest BCUT2D eigenvalue weighted by atomic mass is 9.94. The Morgan fingerprint density at radius 3 is 2.00 bits per heavy atom. The van der Waals surface area contributed by atoms with Gasteiger partial charge < -0.3 is 15.5 Å². The molecule has 0 heterocycles. The van der Waals surface area contributed by atoms with Crippen LogP contribution in [0.4, 0.5) is 0 Å². The van der Waals surface area contributed by atoms with Gasteiger partial charge in [-0.2, -0.15) is 0 Å². The summed E-state index contributed by atoms with van der Waals surface area (Å²) in [6, 6.07) is 0. The minimum Gasteiger partial charge on any atom is -0.394 e. The zero-order valence-electron chi connectivity index (χ0n) is 9.47. The first-order chi connectivity index (χ1) is 7.18.